The van der Waals surface area contributed by atoms with Crippen molar-refractivity contribution in [1.29, 1.82) is 0 Å². The third-order valence-corrected chi connectivity index (χ3v) is 3.98. The van der Waals surface area contributed by atoms with E-state index in [0.29, 0.717) is 23.0 Å². The number of rotatable bonds is 1. The van der Waals surface area contributed by atoms with Crippen molar-refractivity contribution in [1.82, 2.24) is 4.98 Å². The van der Waals surface area contributed by atoms with Crippen LogP contribution in [0.25, 0.3) is 0 Å². The highest BCUT2D eigenvalue weighted by atomic mass is 16.5. The molecule has 24 heavy (non-hydrogen) atoms. The number of fused-ring (bicyclic) bond motifs is 2. The van der Waals surface area contributed by atoms with Crippen LogP contribution in [0.3, 0.4) is 0 Å². The first-order valence-electron chi connectivity index (χ1n) is 7.41. The van der Waals surface area contributed by atoms with E-state index in [4.69, 9.17) is 13.6 Å². The minimum atomic E-state index is -0.625. The highest BCUT2D eigenvalue weighted by molar-refractivity contribution is 5.56. The Morgan fingerprint density at radius 2 is 1.38 bits per heavy atom. The molecule has 120 valence electrons. The Hall–Kier alpha value is -3.15. The zero-order chi connectivity index (χ0) is 16.8. The van der Waals surface area contributed by atoms with Gasteiger partial charge in [0, 0.05) is 24.5 Å². The van der Waals surface area contributed by atoms with Gasteiger partial charge in [-0.15, -0.1) is 0 Å². The van der Waals surface area contributed by atoms with Crippen LogP contribution >= 0.6 is 0 Å². The first-order chi connectivity index (χ1) is 11.5. The van der Waals surface area contributed by atoms with Gasteiger partial charge in [0.25, 0.3) is 0 Å². The molecule has 0 aliphatic carbocycles. The Balaban J connectivity index is 2.09. The summed E-state index contributed by atoms with van der Waals surface area (Å²) >= 11 is 0. The maximum Gasteiger partial charge on any atom is 0.343 e. The highest BCUT2D eigenvalue weighted by Crippen LogP contribution is 2.44. The Morgan fingerprint density at radius 1 is 0.875 bits per heavy atom. The van der Waals surface area contributed by atoms with Gasteiger partial charge in [-0.3, -0.25) is 4.98 Å². The molecule has 0 N–H and O–H groups in total. The fraction of sp³-hybridized carbons (Fsp3) is 0.167. The van der Waals surface area contributed by atoms with Crippen molar-refractivity contribution >= 4 is 0 Å². The maximum atomic E-state index is 12.5. The molecule has 6 heteroatoms. The molecule has 0 amide bonds. The summed E-state index contributed by atoms with van der Waals surface area (Å²) in [6.07, 6.45) is 3.21. The molecule has 0 atom stereocenters. The topological polar surface area (TPSA) is 82.5 Å². The van der Waals surface area contributed by atoms with E-state index in [1.165, 1.54) is 0 Å². The molecule has 4 rings (SSSR count). The number of aromatic nitrogens is 1. The maximum absolute atomic E-state index is 12.5. The Labute approximate surface area is 136 Å². The summed E-state index contributed by atoms with van der Waals surface area (Å²) in [4.78, 5) is 28.9. The van der Waals surface area contributed by atoms with Crippen molar-refractivity contribution in [3.05, 3.63) is 85.7 Å². The lowest BCUT2D eigenvalue weighted by Gasteiger charge is -2.26. The molecule has 4 heterocycles. The van der Waals surface area contributed by atoms with E-state index in [0.717, 1.165) is 5.56 Å². The quantitative estimate of drug-likeness (QED) is 0.535. The van der Waals surface area contributed by atoms with Crippen molar-refractivity contribution in [2.45, 2.75) is 19.8 Å². The largest absolute Gasteiger partial charge is 0.456 e. The molecule has 0 saturated heterocycles. The molecule has 0 spiro atoms. The van der Waals surface area contributed by atoms with Crippen molar-refractivity contribution < 1.29 is 13.6 Å². The number of pyridine rings is 1. The average molecular weight is 323 g/mol. The molecule has 1 aliphatic rings. The number of aryl methyl sites for hydroxylation is 2. The Kier molecular flexibility index (Phi) is 3.13. The van der Waals surface area contributed by atoms with Crippen LogP contribution in [0.4, 0.5) is 0 Å². The highest BCUT2D eigenvalue weighted by Gasteiger charge is 2.35. The van der Waals surface area contributed by atoms with E-state index in [-0.39, 0.29) is 11.1 Å². The fourth-order valence-corrected chi connectivity index (χ4v) is 3.03. The van der Waals surface area contributed by atoms with E-state index in [2.05, 4.69) is 4.98 Å². The molecule has 0 saturated carbocycles. The van der Waals surface area contributed by atoms with Gasteiger partial charge in [-0.2, -0.15) is 0 Å². The van der Waals surface area contributed by atoms with Crippen LogP contribution in [-0.4, -0.2) is 4.98 Å². The average Bonchev–Trinajstić information content (AvgIpc) is 2.53. The molecule has 3 aromatic rings. The lowest BCUT2D eigenvalue weighted by atomic mass is 9.84. The SMILES string of the molecule is Cc1cc2c(c(=O)o1)C(c1ccncc1)c1c(cc(C)oc1=O)O2. The van der Waals surface area contributed by atoms with Crippen LogP contribution in [0, 0.1) is 13.8 Å². The van der Waals surface area contributed by atoms with Crippen molar-refractivity contribution in [3.63, 3.8) is 0 Å². The predicted octanol–water partition coefficient (Wildman–Crippen LogP) is 2.89. The third kappa shape index (κ3) is 2.15. The number of ether oxygens (including phenoxy) is 1. The first kappa shape index (κ1) is 14.4. The Bertz CT molecular complexity index is 984. The van der Waals surface area contributed by atoms with Crippen LogP contribution in [-0.2, 0) is 0 Å². The van der Waals surface area contributed by atoms with E-state index < -0.39 is 17.2 Å². The lowest BCUT2D eigenvalue weighted by molar-refractivity contribution is 0.389. The summed E-state index contributed by atoms with van der Waals surface area (Å²) < 4.78 is 16.3. The number of hydrogen-bond acceptors (Lipinski definition) is 6. The van der Waals surface area contributed by atoms with Crippen LogP contribution in [0.1, 0.15) is 34.1 Å². The van der Waals surface area contributed by atoms with E-state index in [9.17, 15) is 9.59 Å². The van der Waals surface area contributed by atoms with Crippen LogP contribution in [0.15, 0.2) is 55.1 Å². The lowest BCUT2D eigenvalue weighted by Crippen LogP contribution is -2.26. The summed E-state index contributed by atoms with van der Waals surface area (Å²) in [6, 6.07) is 6.81. The molecule has 0 unspecified atom stereocenters. The van der Waals surface area contributed by atoms with Gasteiger partial charge in [0.1, 0.15) is 23.0 Å². The molecular formula is C18H13NO5. The van der Waals surface area contributed by atoms with Crippen molar-refractivity contribution in [2.24, 2.45) is 0 Å². The molecular weight excluding hydrogens is 310 g/mol. The van der Waals surface area contributed by atoms with Crippen molar-refractivity contribution in [3.8, 4) is 11.5 Å². The molecule has 3 aromatic heterocycles. The van der Waals surface area contributed by atoms with Gasteiger partial charge in [-0.1, -0.05) is 0 Å². The van der Waals surface area contributed by atoms with Gasteiger partial charge >= 0.3 is 11.3 Å². The van der Waals surface area contributed by atoms with Crippen molar-refractivity contribution in [2.75, 3.05) is 0 Å². The molecule has 6 nitrogen and oxygen atoms in total. The predicted molar refractivity (Wildman–Crippen MR) is 84.7 cm³/mol. The second kappa shape index (κ2) is 5.19. The van der Waals surface area contributed by atoms with Gasteiger partial charge in [0.2, 0.25) is 0 Å². The Morgan fingerprint density at radius 3 is 1.88 bits per heavy atom. The smallest absolute Gasteiger partial charge is 0.343 e. The zero-order valence-corrected chi connectivity index (χ0v) is 13.0. The standard InChI is InChI=1S/C18H13NO5/c1-9-7-12-15(17(20)22-9)14(11-3-5-19-6-4-11)16-13(24-12)8-10(2)23-18(16)21/h3-8,14H,1-2H3. The minimum absolute atomic E-state index is 0.287. The summed E-state index contributed by atoms with van der Waals surface area (Å²) in [5, 5.41) is 0. The van der Waals surface area contributed by atoms with Gasteiger partial charge in [0.05, 0.1) is 17.0 Å². The van der Waals surface area contributed by atoms with Gasteiger partial charge in [-0.05, 0) is 31.5 Å². The van der Waals surface area contributed by atoms with Crippen LogP contribution in [0.2, 0.25) is 0 Å². The monoisotopic (exact) mass is 323 g/mol. The van der Waals surface area contributed by atoms with Gasteiger partial charge in [0.15, 0.2) is 0 Å². The summed E-state index contributed by atoms with van der Waals surface area (Å²) in [5.41, 5.74) is 0.254. The first-order valence-corrected chi connectivity index (χ1v) is 7.41. The fourth-order valence-electron chi connectivity index (χ4n) is 3.03. The normalized spacial score (nSPS) is 13.1. The van der Waals surface area contributed by atoms with Crippen LogP contribution < -0.4 is 16.0 Å². The molecule has 0 fully saturated rings. The summed E-state index contributed by atoms with van der Waals surface area (Å²) in [6.45, 7) is 3.35. The second-order valence-electron chi connectivity index (χ2n) is 5.66. The number of hydrogen-bond donors (Lipinski definition) is 0. The van der Waals surface area contributed by atoms with Crippen LogP contribution in [0.5, 0.6) is 11.5 Å². The molecule has 0 radical (unpaired) electrons. The summed E-state index contributed by atoms with van der Waals surface area (Å²) in [7, 11) is 0. The van der Waals surface area contributed by atoms with Gasteiger partial charge in [-0.25, -0.2) is 9.59 Å². The minimum Gasteiger partial charge on any atom is -0.456 e. The number of nitrogens with zero attached hydrogens (tertiary/aromatic N) is 1. The molecule has 1 aliphatic heterocycles. The third-order valence-electron chi connectivity index (χ3n) is 3.98. The van der Waals surface area contributed by atoms with E-state index >= 15 is 0 Å². The molecule has 0 bridgehead atoms. The zero-order valence-electron chi connectivity index (χ0n) is 13.0. The van der Waals surface area contributed by atoms with Gasteiger partial charge < -0.3 is 13.6 Å². The van der Waals surface area contributed by atoms with E-state index in [1.54, 1.807) is 50.5 Å². The van der Waals surface area contributed by atoms with E-state index in [1.807, 2.05) is 0 Å². The molecule has 0 aromatic carbocycles. The second-order valence-corrected chi connectivity index (χ2v) is 5.66. The summed E-state index contributed by atoms with van der Waals surface area (Å²) in [5.74, 6) is 1.04.